The Bertz CT molecular complexity index is 824. The fourth-order valence-electron chi connectivity index (χ4n) is 2.97. The minimum atomic E-state index is -0.542. The van der Waals surface area contributed by atoms with E-state index in [1.165, 1.54) is 17.3 Å². The van der Waals surface area contributed by atoms with Crippen LogP contribution < -0.4 is 5.32 Å². The van der Waals surface area contributed by atoms with Crippen LogP contribution in [0.25, 0.3) is 0 Å². The largest absolute Gasteiger partial charge is 0.352 e. The number of hydrogen-bond donors (Lipinski definition) is 1. The van der Waals surface area contributed by atoms with Gasteiger partial charge < -0.3 is 10.2 Å². The SMILES string of the molecule is CC[C@@H](C(=O)NC(C)C)N(Cc1ccccc1Cl)C(=O)CSc1ccc(C)cc1. The van der Waals surface area contributed by atoms with E-state index in [2.05, 4.69) is 5.32 Å². The van der Waals surface area contributed by atoms with E-state index in [0.29, 0.717) is 18.0 Å². The Morgan fingerprint density at radius 1 is 1.10 bits per heavy atom. The fraction of sp³-hybridized carbons (Fsp3) is 0.391. The van der Waals surface area contributed by atoms with Gasteiger partial charge in [-0.05, 0) is 51.0 Å². The summed E-state index contributed by atoms with van der Waals surface area (Å²) in [4.78, 5) is 28.6. The molecule has 4 nitrogen and oxygen atoms in total. The van der Waals surface area contributed by atoms with Gasteiger partial charge in [0, 0.05) is 22.5 Å². The Hall–Kier alpha value is -1.98. The van der Waals surface area contributed by atoms with E-state index in [1.807, 2.05) is 70.2 Å². The summed E-state index contributed by atoms with van der Waals surface area (Å²) >= 11 is 7.81. The molecule has 156 valence electrons. The molecule has 0 aliphatic carbocycles. The van der Waals surface area contributed by atoms with Crippen molar-refractivity contribution in [1.29, 1.82) is 0 Å². The van der Waals surface area contributed by atoms with Gasteiger partial charge in [0.25, 0.3) is 0 Å². The van der Waals surface area contributed by atoms with Crippen molar-refractivity contribution in [3.05, 3.63) is 64.7 Å². The predicted molar refractivity (Wildman–Crippen MR) is 121 cm³/mol. The molecule has 6 heteroatoms. The van der Waals surface area contributed by atoms with Crippen molar-refractivity contribution in [1.82, 2.24) is 10.2 Å². The average Bonchev–Trinajstić information content (AvgIpc) is 2.68. The molecule has 2 aromatic rings. The maximum absolute atomic E-state index is 13.2. The van der Waals surface area contributed by atoms with E-state index < -0.39 is 6.04 Å². The molecule has 0 fully saturated rings. The van der Waals surface area contributed by atoms with Gasteiger partial charge >= 0.3 is 0 Å². The van der Waals surface area contributed by atoms with Gasteiger partial charge in [0.2, 0.25) is 11.8 Å². The predicted octanol–water partition coefficient (Wildman–Crippen LogP) is 5.07. The summed E-state index contributed by atoms with van der Waals surface area (Å²) in [5.74, 6) is 0.0448. The number of rotatable bonds is 9. The van der Waals surface area contributed by atoms with E-state index in [-0.39, 0.29) is 23.6 Å². The molecular formula is C23H29ClN2O2S. The van der Waals surface area contributed by atoms with Crippen molar-refractivity contribution in [2.24, 2.45) is 0 Å². The lowest BCUT2D eigenvalue weighted by atomic mass is 10.1. The van der Waals surface area contributed by atoms with Gasteiger partial charge in [0.05, 0.1) is 5.75 Å². The molecular weight excluding hydrogens is 404 g/mol. The molecule has 2 amide bonds. The molecule has 29 heavy (non-hydrogen) atoms. The average molecular weight is 433 g/mol. The molecule has 0 radical (unpaired) electrons. The number of benzene rings is 2. The van der Waals surface area contributed by atoms with Crippen LogP contribution in [0.2, 0.25) is 5.02 Å². The topological polar surface area (TPSA) is 49.4 Å². The molecule has 0 heterocycles. The van der Waals surface area contributed by atoms with Crippen molar-refractivity contribution < 1.29 is 9.59 Å². The third-order valence-corrected chi connectivity index (χ3v) is 5.86. The first kappa shape index (κ1) is 23.3. The zero-order valence-electron chi connectivity index (χ0n) is 17.4. The van der Waals surface area contributed by atoms with Crippen LogP contribution in [0, 0.1) is 6.92 Å². The first-order chi connectivity index (χ1) is 13.8. The van der Waals surface area contributed by atoms with E-state index in [4.69, 9.17) is 11.6 Å². The molecule has 1 atom stereocenters. The lowest BCUT2D eigenvalue weighted by Crippen LogP contribution is -2.51. The van der Waals surface area contributed by atoms with E-state index in [9.17, 15) is 9.59 Å². The number of nitrogens with zero attached hydrogens (tertiary/aromatic N) is 1. The van der Waals surface area contributed by atoms with Crippen LogP contribution in [0.5, 0.6) is 0 Å². The fourth-order valence-corrected chi connectivity index (χ4v) is 3.95. The maximum Gasteiger partial charge on any atom is 0.243 e. The summed E-state index contributed by atoms with van der Waals surface area (Å²) in [5, 5.41) is 3.53. The minimum absolute atomic E-state index is 0.00995. The molecule has 0 spiro atoms. The Kier molecular flexibility index (Phi) is 9.05. The molecule has 0 aliphatic heterocycles. The quantitative estimate of drug-likeness (QED) is 0.562. The molecule has 0 bridgehead atoms. The van der Waals surface area contributed by atoms with Crippen molar-refractivity contribution in [2.45, 2.75) is 57.6 Å². The monoisotopic (exact) mass is 432 g/mol. The Balaban J connectivity index is 2.21. The van der Waals surface area contributed by atoms with Crippen LogP contribution in [0.15, 0.2) is 53.4 Å². The Labute approximate surface area is 183 Å². The second-order valence-electron chi connectivity index (χ2n) is 7.30. The number of hydrogen-bond acceptors (Lipinski definition) is 3. The number of amides is 2. The molecule has 1 N–H and O–H groups in total. The molecule has 2 rings (SSSR count). The van der Waals surface area contributed by atoms with Crippen LogP contribution in [0.1, 0.15) is 38.3 Å². The molecule has 0 saturated carbocycles. The number of aryl methyl sites for hydroxylation is 1. The standard InChI is InChI=1S/C23H29ClN2O2S/c1-5-21(23(28)25-16(2)3)26(14-18-8-6-7-9-20(18)24)22(27)15-29-19-12-10-17(4)11-13-19/h6-13,16,21H,5,14-15H2,1-4H3,(H,25,28)/t21-/m0/s1. The summed E-state index contributed by atoms with van der Waals surface area (Å²) in [6.45, 7) is 8.09. The van der Waals surface area contributed by atoms with Gasteiger partial charge in [-0.3, -0.25) is 9.59 Å². The lowest BCUT2D eigenvalue weighted by molar-refractivity contribution is -0.139. The smallest absolute Gasteiger partial charge is 0.243 e. The highest BCUT2D eigenvalue weighted by Gasteiger charge is 2.29. The normalized spacial score (nSPS) is 11.9. The van der Waals surface area contributed by atoms with Crippen molar-refractivity contribution in [2.75, 3.05) is 5.75 Å². The number of nitrogens with one attached hydrogen (secondary N) is 1. The second kappa shape index (κ2) is 11.3. The van der Waals surface area contributed by atoms with Crippen LogP contribution in [-0.2, 0) is 16.1 Å². The Morgan fingerprint density at radius 3 is 2.34 bits per heavy atom. The number of halogens is 1. The van der Waals surface area contributed by atoms with Crippen LogP contribution in [0.3, 0.4) is 0 Å². The highest BCUT2D eigenvalue weighted by atomic mass is 35.5. The van der Waals surface area contributed by atoms with Gasteiger partial charge in [-0.1, -0.05) is 54.4 Å². The highest BCUT2D eigenvalue weighted by Crippen LogP contribution is 2.23. The minimum Gasteiger partial charge on any atom is -0.352 e. The van der Waals surface area contributed by atoms with Crippen LogP contribution in [0.4, 0.5) is 0 Å². The first-order valence-corrected chi connectivity index (χ1v) is 11.2. The summed E-state index contributed by atoms with van der Waals surface area (Å²) in [7, 11) is 0. The zero-order chi connectivity index (χ0) is 21.4. The molecule has 0 saturated heterocycles. The summed E-state index contributed by atoms with van der Waals surface area (Å²) in [5.41, 5.74) is 2.01. The van der Waals surface area contributed by atoms with Crippen molar-refractivity contribution >= 4 is 35.2 Å². The van der Waals surface area contributed by atoms with E-state index in [1.54, 1.807) is 11.0 Å². The summed E-state index contributed by atoms with van der Waals surface area (Å²) in [6.07, 6.45) is 0.532. The van der Waals surface area contributed by atoms with E-state index >= 15 is 0 Å². The summed E-state index contributed by atoms with van der Waals surface area (Å²) in [6, 6.07) is 15.0. The van der Waals surface area contributed by atoms with Gasteiger partial charge in [-0.2, -0.15) is 0 Å². The van der Waals surface area contributed by atoms with Gasteiger partial charge in [0.1, 0.15) is 6.04 Å². The van der Waals surface area contributed by atoms with Crippen molar-refractivity contribution in [3.8, 4) is 0 Å². The number of carbonyl (C=O) groups excluding carboxylic acids is 2. The van der Waals surface area contributed by atoms with Gasteiger partial charge in [-0.25, -0.2) is 0 Å². The second-order valence-corrected chi connectivity index (χ2v) is 8.76. The zero-order valence-corrected chi connectivity index (χ0v) is 19.0. The third-order valence-electron chi connectivity index (χ3n) is 4.50. The van der Waals surface area contributed by atoms with Gasteiger partial charge in [0.15, 0.2) is 0 Å². The summed E-state index contributed by atoms with van der Waals surface area (Å²) < 4.78 is 0. The molecule has 0 aromatic heterocycles. The first-order valence-electron chi connectivity index (χ1n) is 9.84. The number of thioether (sulfide) groups is 1. The number of carbonyl (C=O) groups is 2. The van der Waals surface area contributed by atoms with Crippen LogP contribution >= 0.6 is 23.4 Å². The Morgan fingerprint density at radius 2 is 1.76 bits per heavy atom. The van der Waals surface area contributed by atoms with Gasteiger partial charge in [-0.15, -0.1) is 11.8 Å². The molecule has 2 aromatic carbocycles. The third kappa shape index (κ3) is 7.09. The maximum atomic E-state index is 13.2. The van der Waals surface area contributed by atoms with Crippen LogP contribution in [-0.4, -0.2) is 34.6 Å². The van der Waals surface area contributed by atoms with Crippen molar-refractivity contribution in [3.63, 3.8) is 0 Å². The van der Waals surface area contributed by atoms with E-state index in [0.717, 1.165) is 10.5 Å². The molecule has 0 aliphatic rings. The lowest BCUT2D eigenvalue weighted by Gasteiger charge is -2.31. The molecule has 0 unspecified atom stereocenters. The highest BCUT2D eigenvalue weighted by molar-refractivity contribution is 8.00.